The van der Waals surface area contributed by atoms with Crippen molar-refractivity contribution in [3.05, 3.63) is 71.4 Å². The van der Waals surface area contributed by atoms with Crippen LogP contribution >= 0.6 is 0 Å². The Morgan fingerprint density at radius 1 is 0.889 bits per heavy atom. The number of aryl methyl sites for hydroxylation is 1. The number of methoxy groups -OCH3 is 2. The minimum Gasteiger partial charge on any atom is -0.493 e. The van der Waals surface area contributed by atoms with Crippen molar-refractivity contribution in [2.24, 2.45) is 0 Å². The molecule has 3 rings (SSSR count). The fourth-order valence-corrected chi connectivity index (χ4v) is 2.71. The molecule has 3 aromatic rings. The minimum atomic E-state index is 0.593. The molecule has 140 valence electrons. The summed E-state index contributed by atoms with van der Waals surface area (Å²) in [6.45, 7) is 3.40. The van der Waals surface area contributed by atoms with E-state index in [0.717, 1.165) is 11.4 Å². The van der Waals surface area contributed by atoms with Crippen LogP contribution in [0, 0.1) is 6.92 Å². The van der Waals surface area contributed by atoms with E-state index < -0.39 is 0 Å². The number of anilines is 2. The van der Waals surface area contributed by atoms with E-state index >= 15 is 0 Å². The summed E-state index contributed by atoms with van der Waals surface area (Å²) in [5.41, 5.74) is 3.54. The summed E-state index contributed by atoms with van der Waals surface area (Å²) >= 11 is 0. The quantitative estimate of drug-likeness (QED) is 0.629. The second kappa shape index (κ2) is 8.89. The Balaban J connectivity index is 1.61. The van der Waals surface area contributed by atoms with Crippen molar-refractivity contribution in [2.75, 3.05) is 24.9 Å². The molecule has 2 aromatic carbocycles. The third-order valence-electron chi connectivity index (χ3n) is 4.28. The molecule has 0 aliphatic heterocycles. The number of rotatable bonds is 8. The van der Waals surface area contributed by atoms with Gasteiger partial charge in [0, 0.05) is 19.3 Å². The molecule has 1 heterocycles. The molecule has 0 unspecified atom stereocenters. The number of ether oxygens (including phenoxy) is 2. The lowest BCUT2D eigenvalue weighted by molar-refractivity contribution is 0.354. The summed E-state index contributed by atoms with van der Waals surface area (Å²) in [6.07, 6.45) is 1.74. The molecule has 6 nitrogen and oxygen atoms in total. The van der Waals surface area contributed by atoms with Crippen LogP contribution in [-0.2, 0) is 13.1 Å². The van der Waals surface area contributed by atoms with E-state index in [-0.39, 0.29) is 0 Å². The standard InChI is InChI=1S/C21H24N4O2/c1-15-6-4-5-7-17(15)14-24-21-22-11-10-20(25-21)23-13-16-8-9-18(26-2)19(12-16)27-3/h4-12H,13-14H2,1-3H3,(H2,22,23,24,25). The van der Waals surface area contributed by atoms with Gasteiger partial charge in [-0.1, -0.05) is 30.3 Å². The van der Waals surface area contributed by atoms with Crippen LogP contribution in [0.4, 0.5) is 11.8 Å². The van der Waals surface area contributed by atoms with Crippen LogP contribution in [0.1, 0.15) is 16.7 Å². The SMILES string of the molecule is COc1ccc(CNc2ccnc(NCc3ccccc3C)n2)cc1OC. The number of nitrogens with zero attached hydrogens (tertiary/aromatic N) is 2. The second-order valence-electron chi connectivity index (χ2n) is 6.09. The molecular formula is C21H24N4O2. The van der Waals surface area contributed by atoms with Crippen molar-refractivity contribution in [1.82, 2.24) is 9.97 Å². The van der Waals surface area contributed by atoms with Crippen LogP contribution in [0.5, 0.6) is 11.5 Å². The van der Waals surface area contributed by atoms with Crippen molar-refractivity contribution in [2.45, 2.75) is 20.0 Å². The highest BCUT2D eigenvalue weighted by Gasteiger charge is 2.05. The van der Waals surface area contributed by atoms with Crippen LogP contribution in [0.3, 0.4) is 0 Å². The Bertz CT molecular complexity index is 899. The van der Waals surface area contributed by atoms with Gasteiger partial charge in [0.25, 0.3) is 0 Å². The molecule has 0 aliphatic carbocycles. The lowest BCUT2D eigenvalue weighted by Crippen LogP contribution is -2.07. The zero-order valence-electron chi connectivity index (χ0n) is 15.8. The number of hydrogen-bond acceptors (Lipinski definition) is 6. The van der Waals surface area contributed by atoms with Gasteiger partial charge in [-0.25, -0.2) is 4.98 Å². The molecule has 0 saturated carbocycles. The fourth-order valence-electron chi connectivity index (χ4n) is 2.71. The van der Waals surface area contributed by atoms with Crippen molar-refractivity contribution < 1.29 is 9.47 Å². The maximum Gasteiger partial charge on any atom is 0.224 e. The van der Waals surface area contributed by atoms with E-state index in [1.54, 1.807) is 20.4 Å². The van der Waals surface area contributed by atoms with Crippen LogP contribution < -0.4 is 20.1 Å². The molecule has 0 atom stereocenters. The predicted molar refractivity (Wildman–Crippen MR) is 107 cm³/mol. The molecule has 0 amide bonds. The summed E-state index contributed by atoms with van der Waals surface area (Å²) in [4.78, 5) is 8.81. The van der Waals surface area contributed by atoms with Crippen LogP contribution in [0.2, 0.25) is 0 Å². The van der Waals surface area contributed by atoms with Crippen LogP contribution in [0.25, 0.3) is 0 Å². The molecule has 0 radical (unpaired) electrons. The van der Waals surface area contributed by atoms with Crippen molar-refractivity contribution in [1.29, 1.82) is 0 Å². The van der Waals surface area contributed by atoms with E-state index in [4.69, 9.17) is 9.47 Å². The van der Waals surface area contributed by atoms with Gasteiger partial charge in [-0.15, -0.1) is 0 Å². The van der Waals surface area contributed by atoms with E-state index in [9.17, 15) is 0 Å². The number of nitrogens with one attached hydrogen (secondary N) is 2. The van der Waals surface area contributed by atoms with Crippen LogP contribution in [0.15, 0.2) is 54.7 Å². The van der Waals surface area contributed by atoms with Gasteiger partial charge in [-0.3, -0.25) is 0 Å². The average Bonchev–Trinajstić information content (AvgIpc) is 2.71. The smallest absolute Gasteiger partial charge is 0.224 e. The van der Waals surface area contributed by atoms with E-state index in [0.29, 0.717) is 30.5 Å². The first kappa shape index (κ1) is 18.5. The molecule has 2 N–H and O–H groups in total. The zero-order valence-corrected chi connectivity index (χ0v) is 15.8. The van der Waals surface area contributed by atoms with Gasteiger partial charge in [0.2, 0.25) is 5.95 Å². The van der Waals surface area contributed by atoms with Crippen molar-refractivity contribution in [3.8, 4) is 11.5 Å². The molecular weight excluding hydrogens is 340 g/mol. The third kappa shape index (κ3) is 4.88. The van der Waals surface area contributed by atoms with Gasteiger partial charge in [0.05, 0.1) is 14.2 Å². The molecule has 6 heteroatoms. The predicted octanol–water partition coefficient (Wildman–Crippen LogP) is 4.03. The Hall–Kier alpha value is -3.28. The third-order valence-corrected chi connectivity index (χ3v) is 4.28. The van der Waals surface area contributed by atoms with Crippen LogP contribution in [-0.4, -0.2) is 24.2 Å². The summed E-state index contributed by atoms with van der Waals surface area (Å²) in [5.74, 6) is 2.77. The molecule has 0 fully saturated rings. The first-order chi connectivity index (χ1) is 13.2. The Morgan fingerprint density at radius 2 is 1.70 bits per heavy atom. The first-order valence-electron chi connectivity index (χ1n) is 8.76. The number of hydrogen-bond donors (Lipinski definition) is 2. The highest BCUT2D eigenvalue weighted by Crippen LogP contribution is 2.27. The van der Waals surface area contributed by atoms with E-state index in [1.807, 2.05) is 36.4 Å². The Labute approximate surface area is 159 Å². The Morgan fingerprint density at radius 3 is 2.48 bits per heavy atom. The topological polar surface area (TPSA) is 68.3 Å². The van der Waals surface area contributed by atoms with Gasteiger partial charge < -0.3 is 20.1 Å². The highest BCUT2D eigenvalue weighted by molar-refractivity contribution is 5.45. The molecule has 0 spiro atoms. The van der Waals surface area contributed by atoms with Crippen molar-refractivity contribution in [3.63, 3.8) is 0 Å². The van der Waals surface area contributed by atoms with Gasteiger partial charge in [-0.05, 0) is 41.8 Å². The highest BCUT2D eigenvalue weighted by atomic mass is 16.5. The maximum absolute atomic E-state index is 5.34. The first-order valence-corrected chi connectivity index (χ1v) is 8.76. The summed E-state index contributed by atoms with van der Waals surface area (Å²) in [7, 11) is 3.26. The van der Waals surface area contributed by atoms with Gasteiger partial charge in [0.15, 0.2) is 11.5 Å². The minimum absolute atomic E-state index is 0.593. The zero-order chi connectivity index (χ0) is 19.1. The summed E-state index contributed by atoms with van der Waals surface area (Å²) in [5, 5.41) is 6.59. The van der Waals surface area contributed by atoms with E-state index in [1.165, 1.54) is 11.1 Å². The lowest BCUT2D eigenvalue weighted by Gasteiger charge is -2.11. The lowest BCUT2D eigenvalue weighted by atomic mass is 10.1. The van der Waals surface area contributed by atoms with Gasteiger partial charge in [0.1, 0.15) is 5.82 Å². The average molecular weight is 364 g/mol. The second-order valence-corrected chi connectivity index (χ2v) is 6.09. The Kier molecular flexibility index (Phi) is 6.10. The molecule has 27 heavy (non-hydrogen) atoms. The summed E-state index contributed by atoms with van der Waals surface area (Å²) < 4.78 is 10.6. The van der Waals surface area contributed by atoms with E-state index in [2.05, 4.69) is 39.7 Å². The van der Waals surface area contributed by atoms with Gasteiger partial charge in [-0.2, -0.15) is 4.98 Å². The number of aromatic nitrogens is 2. The normalized spacial score (nSPS) is 10.3. The maximum atomic E-state index is 5.34. The molecule has 0 bridgehead atoms. The monoisotopic (exact) mass is 364 g/mol. The van der Waals surface area contributed by atoms with Crippen molar-refractivity contribution >= 4 is 11.8 Å². The summed E-state index contributed by atoms with van der Waals surface area (Å²) in [6, 6.07) is 15.9. The number of benzene rings is 2. The molecule has 0 saturated heterocycles. The fraction of sp³-hybridized carbons (Fsp3) is 0.238. The molecule has 1 aromatic heterocycles. The largest absolute Gasteiger partial charge is 0.493 e. The van der Waals surface area contributed by atoms with Gasteiger partial charge >= 0.3 is 0 Å². The molecule has 0 aliphatic rings.